The van der Waals surface area contributed by atoms with Gasteiger partial charge in [0.25, 0.3) is 0 Å². The molecule has 0 fully saturated rings. The monoisotopic (exact) mass is 422 g/mol. The minimum atomic E-state index is -0.553. The zero-order chi connectivity index (χ0) is 20.7. The summed E-state index contributed by atoms with van der Waals surface area (Å²) in [4.78, 5) is 24.4. The lowest BCUT2D eigenvalue weighted by atomic mass is 10.1. The lowest BCUT2D eigenvalue weighted by Gasteiger charge is -2.12. The van der Waals surface area contributed by atoms with Crippen LogP contribution in [0.2, 0.25) is 0 Å². The number of nitrogens with one attached hydrogen (secondary N) is 2. The number of rotatable bonds is 7. The van der Waals surface area contributed by atoms with Crippen LogP contribution < -0.4 is 15.4 Å². The number of carbonyl (C=O) groups excluding carboxylic acids is 2. The molecule has 0 saturated heterocycles. The highest BCUT2D eigenvalue weighted by Gasteiger charge is 2.26. The van der Waals surface area contributed by atoms with Crippen molar-refractivity contribution in [3.8, 4) is 5.75 Å². The standard InChI is InChI=1S/C19H22N2O5S2/c1-11-14(17(22)25-3)16(28-15(11)18(23)26-4)21-19(27)20-10-9-12-7-5-6-8-13(12)24-2/h5-8H,9-10H2,1-4H3,(H2,20,21,27). The van der Waals surface area contributed by atoms with E-state index in [1.165, 1.54) is 14.2 Å². The fraction of sp³-hybridized carbons (Fsp3) is 0.316. The number of hydrogen-bond acceptors (Lipinski definition) is 7. The molecule has 0 amide bonds. The molecule has 0 bridgehead atoms. The Balaban J connectivity index is 2.08. The number of anilines is 1. The lowest BCUT2D eigenvalue weighted by molar-refractivity contribution is 0.0601. The van der Waals surface area contributed by atoms with Crippen LogP contribution in [0.25, 0.3) is 0 Å². The zero-order valence-corrected chi connectivity index (χ0v) is 17.7. The van der Waals surface area contributed by atoms with Gasteiger partial charge in [-0.15, -0.1) is 11.3 Å². The van der Waals surface area contributed by atoms with Crippen LogP contribution in [0.15, 0.2) is 24.3 Å². The number of carbonyl (C=O) groups is 2. The summed E-state index contributed by atoms with van der Waals surface area (Å²) in [6.45, 7) is 2.23. The fourth-order valence-electron chi connectivity index (χ4n) is 2.60. The molecule has 0 aliphatic rings. The van der Waals surface area contributed by atoms with Crippen LogP contribution in [-0.2, 0) is 15.9 Å². The number of para-hydroxylation sites is 1. The first kappa shape index (κ1) is 21.6. The minimum absolute atomic E-state index is 0.266. The third-order valence-electron chi connectivity index (χ3n) is 4.01. The second-order valence-electron chi connectivity index (χ2n) is 5.69. The van der Waals surface area contributed by atoms with Gasteiger partial charge in [-0.25, -0.2) is 9.59 Å². The molecule has 9 heteroatoms. The van der Waals surface area contributed by atoms with E-state index >= 15 is 0 Å². The van der Waals surface area contributed by atoms with E-state index in [1.807, 2.05) is 24.3 Å². The van der Waals surface area contributed by atoms with E-state index in [4.69, 9.17) is 26.4 Å². The molecule has 7 nitrogen and oxygen atoms in total. The van der Waals surface area contributed by atoms with Crippen molar-refractivity contribution in [2.45, 2.75) is 13.3 Å². The van der Waals surface area contributed by atoms with E-state index in [-0.39, 0.29) is 5.56 Å². The lowest BCUT2D eigenvalue weighted by Crippen LogP contribution is -2.30. The SMILES string of the molecule is COC(=O)c1sc(NC(=S)NCCc2ccccc2OC)c(C(=O)OC)c1C. The number of thiocarbonyl (C=S) groups is 1. The van der Waals surface area contributed by atoms with Crippen molar-refractivity contribution in [2.75, 3.05) is 33.2 Å². The van der Waals surface area contributed by atoms with Gasteiger partial charge in [-0.1, -0.05) is 18.2 Å². The molecule has 2 aromatic rings. The predicted molar refractivity (Wildman–Crippen MR) is 113 cm³/mol. The van der Waals surface area contributed by atoms with Crippen molar-refractivity contribution < 1.29 is 23.8 Å². The maximum Gasteiger partial charge on any atom is 0.348 e. The Morgan fingerprint density at radius 1 is 1.11 bits per heavy atom. The molecule has 0 unspecified atom stereocenters. The summed E-state index contributed by atoms with van der Waals surface area (Å²) < 4.78 is 14.9. The second-order valence-corrected chi connectivity index (χ2v) is 7.12. The Hall–Kier alpha value is -2.65. The molecule has 0 aliphatic carbocycles. The van der Waals surface area contributed by atoms with Gasteiger partial charge in [0, 0.05) is 6.54 Å². The normalized spacial score (nSPS) is 10.1. The van der Waals surface area contributed by atoms with E-state index in [2.05, 4.69) is 10.6 Å². The van der Waals surface area contributed by atoms with Crippen LogP contribution in [0.1, 0.15) is 31.2 Å². The van der Waals surface area contributed by atoms with Crippen LogP contribution in [0.5, 0.6) is 5.75 Å². The van der Waals surface area contributed by atoms with Gasteiger partial charge in [0.2, 0.25) is 0 Å². The van der Waals surface area contributed by atoms with E-state index in [0.29, 0.717) is 33.5 Å². The molecule has 0 atom stereocenters. The quantitative estimate of drug-likeness (QED) is 0.520. The van der Waals surface area contributed by atoms with Gasteiger partial charge < -0.3 is 24.8 Å². The van der Waals surface area contributed by atoms with Crippen molar-refractivity contribution in [1.29, 1.82) is 0 Å². The van der Waals surface area contributed by atoms with Crippen LogP contribution in [-0.4, -0.2) is 44.9 Å². The Kier molecular flexibility index (Phi) is 7.77. The van der Waals surface area contributed by atoms with Crippen molar-refractivity contribution in [3.63, 3.8) is 0 Å². The second kappa shape index (κ2) is 10.0. The highest BCUT2D eigenvalue weighted by Crippen LogP contribution is 2.34. The summed E-state index contributed by atoms with van der Waals surface area (Å²) in [5.74, 6) is -0.258. The van der Waals surface area contributed by atoms with E-state index < -0.39 is 11.9 Å². The van der Waals surface area contributed by atoms with Crippen LogP contribution >= 0.6 is 23.6 Å². The molecule has 0 spiro atoms. The Bertz CT molecular complexity index is 879. The number of hydrogen-bond donors (Lipinski definition) is 2. The summed E-state index contributed by atoms with van der Waals surface area (Å²) in [6.07, 6.45) is 0.701. The van der Waals surface area contributed by atoms with Crippen molar-refractivity contribution in [2.24, 2.45) is 0 Å². The van der Waals surface area contributed by atoms with Gasteiger partial charge >= 0.3 is 11.9 Å². The van der Waals surface area contributed by atoms with Crippen LogP contribution in [0, 0.1) is 6.92 Å². The number of thiophene rings is 1. The van der Waals surface area contributed by atoms with Crippen molar-refractivity contribution in [3.05, 3.63) is 45.8 Å². The molecule has 28 heavy (non-hydrogen) atoms. The number of methoxy groups -OCH3 is 3. The van der Waals surface area contributed by atoms with Crippen LogP contribution in [0.4, 0.5) is 5.00 Å². The molecule has 0 aliphatic heterocycles. The Morgan fingerprint density at radius 3 is 2.43 bits per heavy atom. The van der Waals surface area contributed by atoms with Crippen molar-refractivity contribution in [1.82, 2.24) is 5.32 Å². The van der Waals surface area contributed by atoms with Gasteiger partial charge in [-0.2, -0.15) is 0 Å². The van der Waals surface area contributed by atoms with Gasteiger partial charge in [0.1, 0.15) is 15.6 Å². The molecule has 1 aromatic heterocycles. The maximum absolute atomic E-state index is 12.1. The molecule has 0 saturated carbocycles. The minimum Gasteiger partial charge on any atom is -0.496 e. The highest BCUT2D eigenvalue weighted by molar-refractivity contribution is 7.80. The van der Waals surface area contributed by atoms with Crippen molar-refractivity contribution >= 4 is 45.6 Å². The topological polar surface area (TPSA) is 85.9 Å². The first-order valence-corrected chi connectivity index (χ1v) is 9.62. The van der Waals surface area contributed by atoms with E-state index in [0.717, 1.165) is 22.6 Å². The third kappa shape index (κ3) is 4.99. The molecule has 1 aromatic carbocycles. The third-order valence-corrected chi connectivity index (χ3v) is 5.44. The first-order chi connectivity index (χ1) is 13.4. The molecule has 2 rings (SSSR count). The van der Waals surface area contributed by atoms with Gasteiger partial charge in [0.15, 0.2) is 5.11 Å². The molecule has 150 valence electrons. The largest absolute Gasteiger partial charge is 0.496 e. The van der Waals surface area contributed by atoms with Gasteiger partial charge in [-0.3, -0.25) is 0 Å². The molecule has 0 radical (unpaired) electrons. The summed E-state index contributed by atoms with van der Waals surface area (Å²) in [7, 11) is 4.20. The zero-order valence-electron chi connectivity index (χ0n) is 16.1. The molecule has 2 N–H and O–H groups in total. The number of esters is 2. The molecule has 1 heterocycles. The van der Waals surface area contributed by atoms with Crippen LogP contribution in [0.3, 0.4) is 0 Å². The highest BCUT2D eigenvalue weighted by atomic mass is 32.1. The summed E-state index contributed by atoms with van der Waals surface area (Å²) in [5.41, 5.74) is 1.81. The summed E-state index contributed by atoms with van der Waals surface area (Å²) >= 11 is 6.42. The number of benzene rings is 1. The molecular weight excluding hydrogens is 400 g/mol. The smallest absolute Gasteiger partial charge is 0.348 e. The van der Waals surface area contributed by atoms with E-state index in [1.54, 1.807) is 14.0 Å². The average Bonchev–Trinajstić information content (AvgIpc) is 3.02. The summed E-state index contributed by atoms with van der Waals surface area (Å²) in [6, 6.07) is 7.74. The Labute approximate surface area is 173 Å². The van der Waals surface area contributed by atoms with Gasteiger partial charge in [0.05, 0.1) is 26.9 Å². The molecular formula is C19H22N2O5S2. The van der Waals surface area contributed by atoms with E-state index in [9.17, 15) is 9.59 Å². The maximum atomic E-state index is 12.1. The summed E-state index contributed by atoms with van der Waals surface area (Å²) in [5, 5.41) is 6.83. The predicted octanol–water partition coefficient (Wildman–Crippen LogP) is 3.17. The fourth-order valence-corrected chi connectivity index (χ4v) is 3.99. The average molecular weight is 423 g/mol. The van der Waals surface area contributed by atoms with Gasteiger partial charge in [-0.05, 0) is 42.8 Å². The Morgan fingerprint density at radius 2 is 1.79 bits per heavy atom. The first-order valence-electron chi connectivity index (χ1n) is 8.39. The number of ether oxygens (including phenoxy) is 3.